The van der Waals surface area contributed by atoms with Gasteiger partial charge in [0.05, 0.1) is 21.3 Å². The first kappa shape index (κ1) is 24.2. The van der Waals surface area contributed by atoms with Crippen LogP contribution in [-0.2, 0) is 11.3 Å². The fourth-order valence-corrected chi connectivity index (χ4v) is 3.66. The van der Waals surface area contributed by atoms with E-state index in [-0.39, 0.29) is 62.4 Å². The normalized spacial score (nSPS) is 10.6. The van der Waals surface area contributed by atoms with Gasteiger partial charge in [-0.25, -0.2) is 4.39 Å². The Kier molecular flexibility index (Phi) is 7.59. The number of hydrogen-bond acceptors (Lipinski definition) is 4. The summed E-state index contributed by atoms with van der Waals surface area (Å²) in [6, 6.07) is 10.1. The Bertz CT molecular complexity index is 1310. The van der Waals surface area contributed by atoms with E-state index in [2.05, 4.69) is 10.3 Å². The van der Waals surface area contributed by atoms with E-state index in [0.717, 1.165) is 5.56 Å². The van der Waals surface area contributed by atoms with Crippen molar-refractivity contribution in [2.45, 2.75) is 6.54 Å². The number of nitrogens with zero attached hydrogens (tertiary/aromatic N) is 2. The minimum Gasteiger partial charge on any atom is -0.872 e. The smallest absolute Gasteiger partial charge is 0.872 e. The van der Waals surface area contributed by atoms with Crippen molar-refractivity contribution in [3.63, 3.8) is 0 Å². The molecule has 0 radical (unpaired) electrons. The number of benzene rings is 2. The van der Waals surface area contributed by atoms with E-state index in [0.29, 0.717) is 17.4 Å². The summed E-state index contributed by atoms with van der Waals surface area (Å²) in [6.07, 6.45) is 4.06. The van der Waals surface area contributed by atoms with Gasteiger partial charge in [-0.2, -0.15) is 0 Å². The van der Waals surface area contributed by atoms with Crippen LogP contribution >= 0.6 is 23.2 Å². The van der Waals surface area contributed by atoms with Crippen LogP contribution in [0.3, 0.4) is 0 Å². The van der Waals surface area contributed by atoms with Crippen molar-refractivity contribution in [1.29, 1.82) is 0 Å². The fraction of sp³-hybridized carbons (Fsp3) is 0.0455. The van der Waals surface area contributed by atoms with Gasteiger partial charge in [0.2, 0.25) is 0 Å². The predicted molar refractivity (Wildman–Crippen MR) is 114 cm³/mol. The minimum absolute atomic E-state index is 0. The maximum absolute atomic E-state index is 13.2. The van der Waals surface area contributed by atoms with Crippen molar-refractivity contribution >= 4 is 51.5 Å². The van der Waals surface area contributed by atoms with Crippen molar-refractivity contribution in [1.82, 2.24) is 9.55 Å². The van der Waals surface area contributed by atoms with Gasteiger partial charge < -0.3 is 15.0 Å². The van der Waals surface area contributed by atoms with Gasteiger partial charge in [-0.3, -0.25) is 14.6 Å². The molecule has 0 atom stereocenters. The van der Waals surface area contributed by atoms with Gasteiger partial charge in [-0.15, -0.1) is 5.75 Å². The van der Waals surface area contributed by atoms with Gasteiger partial charge in [-0.1, -0.05) is 47.5 Å². The van der Waals surface area contributed by atoms with Crippen molar-refractivity contribution in [3.05, 3.63) is 88.0 Å². The van der Waals surface area contributed by atoms with Crippen molar-refractivity contribution in [2.75, 3.05) is 5.32 Å². The third-order valence-electron chi connectivity index (χ3n) is 4.66. The molecule has 10 heteroatoms. The molecule has 1 amide bonds. The monoisotopic (exact) mass is 479 g/mol. The molecule has 2 aromatic heterocycles. The Morgan fingerprint density at radius 1 is 1.06 bits per heavy atom. The number of pyridine rings is 1. The zero-order valence-electron chi connectivity index (χ0n) is 16.7. The molecule has 0 aliphatic heterocycles. The van der Waals surface area contributed by atoms with Crippen LogP contribution in [0.25, 0.3) is 10.9 Å². The maximum atomic E-state index is 13.2. The van der Waals surface area contributed by atoms with Crippen LogP contribution in [0.4, 0.5) is 10.1 Å². The van der Waals surface area contributed by atoms with Gasteiger partial charge in [0.1, 0.15) is 5.82 Å². The summed E-state index contributed by atoms with van der Waals surface area (Å²) in [5.41, 5.74) is 1.48. The molecule has 4 rings (SSSR count). The van der Waals surface area contributed by atoms with Gasteiger partial charge in [-0.05, 0) is 23.8 Å². The van der Waals surface area contributed by atoms with Crippen molar-refractivity contribution < 1.29 is 48.6 Å². The molecule has 6 nitrogen and oxygen atoms in total. The van der Waals surface area contributed by atoms with Crippen LogP contribution < -0.4 is 40.0 Å². The number of nitrogens with one attached hydrogen (secondary N) is 1. The average Bonchev–Trinajstić information content (AvgIpc) is 3.09. The second-order valence-electron chi connectivity index (χ2n) is 6.74. The maximum Gasteiger partial charge on any atom is 1.00 e. The molecule has 0 unspecified atom stereocenters. The molecule has 0 saturated heterocycles. The number of fused-ring (bicyclic) bond motifs is 1. The molecule has 2 heterocycles. The van der Waals surface area contributed by atoms with E-state index >= 15 is 0 Å². The molecule has 1 N–H and O–H groups in total. The summed E-state index contributed by atoms with van der Waals surface area (Å²) in [6.45, 7) is 0.311. The second kappa shape index (κ2) is 10.0. The van der Waals surface area contributed by atoms with Crippen LogP contribution in [-0.4, -0.2) is 21.2 Å². The molecule has 156 valence electrons. The molecule has 0 spiro atoms. The summed E-state index contributed by atoms with van der Waals surface area (Å²) in [5.74, 6) is -2.50. The van der Waals surface area contributed by atoms with E-state index in [4.69, 9.17) is 23.2 Å². The van der Waals surface area contributed by atoms with Crippen LogP contribution in [0.15, 0.2) is 61.1 Å². The Hall–Kier alpha value is -2.42. The minimum atomic E-state index is -0.966. The predicted octanol–water partition coefficient (Wildman–Crippen LogP) is 1.43. The first-order valence-electron chi connectivity index (χ1n) is 9.02. The number of carbonyl (C=O) groups is 2. The molecule has 0 saturated carbocycles. The molecule has 2 aromatic carbocycles. The van der Waals surface area contributed by atoms with E-state index in [9.17, 15) is 19.1 Å². The molecule has 32 heavy (non-hydrogen) atoms. The molecule has 0 fully saturated rings. The first-order valence-corrected chi connectivity index (χ1v) is 9.78. The number of carbonyl (C=O) groups excluding carboxylic acids is 2. The quantitative estimate of drug-likeness (QED) is 0.266. The molecular weight excluding hydrogens is 467 g/mol. The molecule has 0 aliphatic rings. The third-order valence-corrected chi connectivity index (χ3v) is 5.23. The average molecular weight is 480 g/mol. The summed E-state index contributed by atoms with van der Waals surface area (Å²) in [4.78, 5) is 29.3. The van der Waals surface area contributed by atoms with E-state index < -0.39 is 11.7 Å². The molecule has 4 aromatic rings. The van der Waals surface area contributed by atoms with Gasteiger partial charge in [0.15, 0.2) is 0 Å². The van der Waals surface area contributed by atoms with Crippen molar-refractivity contribution in [2.24, 2.45) is 0 Å². The Labute approximate surface area is 214 Å². The number of Topliss-reactive ketones (excluding diaryl/α,β-unsaturated/α-hetero) is 1. The van der Waals surface area contributed by atoms with Crippen LogP contribution in [0.1, 0.15) is 15.9 Å². The van der Waals surface area contributed by atoms with E-state index in [1.165, 1.54) is 42.9 Å². The van der Waals surface area contributed by atoms with Gasteiger partial charge in [0, 0.05) is 36.0 Å². The van der Waals surface area contributed by atoms with E-state index in [1.54, 1.807) is 22.8 Å². The first-order chi connectivity index (χ1) is 14.8. The molecule has 0 aliphatic carbocycles. The van der Waals surface area contributed by atoms with Crippen LogP contribution in [0.2, 0.25) is 10.0 Å². The molecular formula is C22H13Cl2FN3NaO3. The summed E-state index contributed by atoms with van der Waals surface area (Å²) in [5, 5.41) is 14.8. The van der Waals surface area contributed by atoms with Gasteiger partial charge in [0.25, 0.3) is 11.7 Å². The Morgan fingerprint density at radius 2 is 1.72 bits per heavy atom. The number of anilines is 1. The number of aromatic nitrogens is 2. The zero-order valence-corrected chi connectivity index (χ0v) is 20.2. The molecule has 0 bridgehead atoms. The summed E-state index contributed by atoms with van der Waals surface area (Å²) in [7, 11) is 0. The third kappa shape index (κ3) is 4.98. The summed E-state index contributed by atoms with van der Waals surface area (Å²) < 4.78 is 14.9. The number of halogens is 3. The van der Waals surface area contributed by atoms with Gasteiger partial charge >= 0.3 is 29.6 Å². The fourth-order valence-electron chi connectivity index (χ4n) is 3.20. The Morgan fingerprint density at radius 3 is 2.38 bits per heavy atom. The topological polar surface area (TPSA) is 87.0 Å². The zero-order chi connectivity index (χ0) is 22.1. The van der Waals surface area contributed by atoms with Crippen LogP contribution in [0.5, 0.6) is 5.75 Å². The van der Waals surface area contributed by atoms with Crippen LogP contribution in [0, 0.1) is 5.82 Å². The number of rotatable bonds is 5. The number of amides is 1. The van der Waals surface area contributed by atoms with Crippen molar-refractivity contribution in [3.8, 4) is 5.75 Å². The standard InChI is InChI=1S/C22H14Cl2FN3O3.Na/c23-17-8-26-9-18(24)20(17)27-22(31)21(30)16-11-28(10-12-1-3-13(25)4-2-12)19-6-5-14(29)7-15(16)19;/h1-9,11,29H,10H2,(H,26,27,31);/q;+1/p-1. The number of hydrogen-bond donors (Lipinski definition) is 1. The SMILES string of the molecule is O=C(Nc1c(Cl)cncc1Cl)C(=O)c1cn(Cc2ccc(F)cc2)c2ccc([O-])cc12.[Na+]. The summed E-state index contributed by atoms with van der Waals surface area (Å²) >= 11 is 12.0. The number of ketones is 1. The second-order valence-corrected chi connectivity index (χ2v) is 7.55. The van der Waals surface area contributed by atoms with E-state index in [1.807, 2.05) is 0 Å². The Balaban J connectivity index is 0.00000289. The largest absolute Gasteiger partial charge is 1.00 e.